The van der Waals surface area contributed by atoms with E-state index in [1.165, 1.54) is 22.7 Å². The number of halogens is 1. The Balaban J connectivity index is 1.91. The van der Waals surface area contributed by atoms with Crippen molar-refractivity contribution in [1.82, 2.24) is 4.98 Å². The van der Waals surface area contributed by atoms with Gasteiger partial charge >= 0.3 is 0 Å². The number of thiazole rings is 1. The molecule has 0 saturated heterocycles. The highest BCUT2D eigenvalue weighted by Gasteiger charge is 2.19. The maximum Gasteiger partial charge on any atom is 0.267 e. The van der Waals surface area contributed by atoms with Crippen LogP contribution in [0.4, 0.5) is 10.1 Å². The molecule has 0 atom stereocenters. The van der Waals surface area contributed by atoms with Crippen LogP contribution in [0.15, 0.2) is 39.9 Å². The molecule has 0 aliphatic carbocycles. The average molecular weight is 396 g/mol. The average Bonchev–Trinajstić information content (AvgIpc) is 3.17. The van der Waals surface area contributed by atoms with E-state index in [1.807, 2.05) is 16.8 Å². The summed E-state index contributed by atoms with van der Waals surface area (Å²) in [6, 6.07) is 5.19. The normalized spacial score (nSPS) is 11.5. The monoisotopic (exact) mass is 396 g/mol. The van der Waals surface area contributed by atoms with Crippen LogP contribution in [0.1, 0.15) is 15.4 Å². The minimum absolute atomic E-state index is 0.0656. The fourth-order valence-electron chi connectivity index (χ4n) is 2.13. The third-order valence-electron chi connectivity index (χ3n) is 3.39. The van der Waals surface area contributed by atoms with Gasteiger partial charge in [0, 0.05) is 17.2 Å². The maximum atomic E-state index is 13.9. The van der Waals surface area contributed by atoms with Gasteiger partial charge in [-0.15, -0.1) is 11.3 Å². The Labute approximate surface area is 152 Å². The molecule has 1 aromatic carbocycles. The lowest BCUT2D eigenvalue weighted by Crippen LogP contribution is -2.13. The predicted molar refractivity (Wildman–Crippen MR) is 97.6 cm³/mol. The summed E-state index contributed by atoms with van der Waals surface area (Å²) < 4.78 is 37.1. The van der Waals surface area contributed by atoms with Gasteiger partial charge in [0.2, 0.25) is 0 Å². The number of nitrogens with one attached hydrogen (secondary N) is 1. The highest BCUT2D eigenvalue weighted by atomic mass is 32.2. The van der Waals surface area contributed by atoms with Crippen LogP contribution in [0.2, 0.25) is 0 Å². The summed E-state index contributed by atoms with van der Waals surface area (Å²) in [5.41, 5.74) is 1.27. The molecule has 3 rings (SSSR count). The lowest BCUT2D eigenvalue weighted by atomic mass is 10.3. The van der Waals surface area contributed by atoms with Crippen molar-refractivity contribution in [3.63, 3.8) is 0 Å². The van der Waals surface area contributed by atoms with Gasteiger partial charge in [0.25, 0.3) is 5.91 Å². The second-order valence-corrected chi connectivity index (χ2v) is 9.11. The fraction of sp³-hybridized carbons (Fsp3) is 0.125. The van der Waals surface area contributed by atoms with Crippen molar-refractivity contribution in [2.45, 2.75) is 11.8 Å². The summed E-state index contributed by atoms with van der Waals surface area (Å²) in [6.07, 6.45) is 1.02. The SMILES string of the molecule is Cc1nc(-c2ccsc2)sc1C(=O)Nc1cc(S(C)(=O)=O)ccc1F. The molecule has 0 radical (unpaired) electrons. The molecule has 0 saturated carbocycles. The summed E-state index contributed by atoms with van der Waals surface area (Å²) in [7, 11) is -3.50. The number of anilines is 1. The van der Waals surface area contributed by atoms with Crippen LogP contribution in [0, 0.1) is 12.7 Å². The minimum Gasteiger partial charge on any atom is -0.319 e. The van der Waals surface area contributed by atoms with Gasteiger partial charge in [0.1, 0.15) is 15.7 Å². The lowest BCUT2D eigenvalue weighted by molar-refractivity contribution is 0.102. The van der Waals surface area contributed by atoms with Crippen LogP contribution in [0.25, 0.3) is 10.6 Å². The first-order valence-corrected chi connectivity index (χ1v) is 10.7. The van der Waals surface area contributed by atoms with Gasteiger partial charge in [-0.05, 0) is 36.6 Å². The first-order valence-electron chi connectivity index (χ1n) is 7.06. The zero-order valence-corrected chi connectivity index (χ0v) is 15.7. The summed E-state index contributed by atoms with van der Waals surface area (Å²) in [4.78, 5) is 17.1. The zero-order valence-electron chi connectivity index (χ0n) is 13.2. The van der Waals surface area contributed by atoms with Gasteiger partial charge in [0.05, 0.1) is 16.3 Å². The topological polar surface area (TPSA) is 76.1 Å². The molecule has 2 heterocycles. The number of thiophene rings is 1. The first-order chi connectivity index (χ1) is 11.8. The third kappa shape index (κ3) is 3.78. The van der Waals surface area contributed by atoms with E-state index >= 15 is 0 Å². The minimum atomic E-state index is -3.50. The van der Waals surface area contributed by atoms with Crippen LogP contribution in [-0.2, 0) is 9.84 Å². The van der Waals surface area contributed by atoms with Crippen LogP contribution >= 0.6 is 22.7 Å². The molecular formula is C16H13FN2O3S3. The molecule has 130 valence electrons. The molecule has 5 nitrogen and oxygen atoms in total. The molecule has 0 bridgehead atoms. The number of aryl methyl sites for hydroxylation is 1. The standard InChI is InChI=1S/C16H13FN2O3S3/c1-9-14(24-16(18-9)10-5-6-23-8-10)15(20)19-13-7-11(25(2,21)22)3-4-12(13)17/h3-8H,1-2H3,(H,19,20). The zero-order chi connectivity index (χ0) is 18.2. The van der Waals surface area contributed by atoms with Crippen molar-refractivity contribution >= 4 is 44.1 Å². The van der Waals surface area contributed by atoms with Crippen molar-refractivity contribution in [1.29, 1.82) is 0 Å². The predicted octanol–water partition coefficient (Wildman–Crippen LogP) is 3.97. The Morgan fingerprint density at radius 3 is 2.68 bits per heavy atom. The molecule has 9 heteroatoms. The summed E-state index contributed by atoms with van der Waals surface area (Å²) in [5.74, 6) is -1.23. The Hall–Kier alpha value is -2.10. The Morgan fingerprint density at radius 2 is 2.04 bits per heavy atom. The van der Waals surface area contributed by atoms with E-state index < -0.39 is 21.6 Å². The van der Waals surface area contributed by atoms with Gasteiger partial charge in [-0.3, -0.25) is 4.79 Å². The number of hydrogen-bond acceptors (Lipinski definition) is 6. The molecule has 0 unspecified atom stereocenters. The van der Waals surface area contributed by atoms with Crippen LogP contribution in [-0.4, -0.2) is 25.6 Å². The van der Waals surface area contributed by atoms with Crippen LogP contribution in [0.3, 0.4) is 0 Å². The molecule has 3 aromatic rings. The molecular weight excluding hydrogens is 383 g/mol. The van der Waals surface area contributed by atoms with E-state index in [2.05, 4.69) is 10.3 Å². The molecule has 0 aliphatic rings. The van der Waals surface area contributed by atoms with Crippen LogP contribution in [0.5, 0.6) is 0 Å². The highest BCUT2D eigenvalue weighted by molar-refractivity contribution is 7.90. The van der Waals surface area contributed by atoms with Gasteiger partial charge < -0.3 is 5.32 Å². The molecule has 2 aromatic heterocycles. The number of benzene rings is 1. The molecule has 1 amide bonds. The molecule has 25 heavy (non-hydrogen) atoms. The van der Waals surface area contributed by atoms with Crippen LogP contribution < -0.4 is 5.32 Å². The second-order valence-electron chi connectivity index (χ2n) is 5.31. The van der Waals surface area contributed by atoms with E-state index in [0.29, 0.717) is 15.6 Å². The largest absolute Gasteiger partial charge is 0.319 e. The summed E-state index contributed by atoms with van der Waals surface area (Å²) in [6.45, 7) is 1.70. The van der Waals surface area contributed by atoms with E-state index in [9.17, 15) is 17.6 Å². The number of carbonyl (C=O) groups excluding carboxylic acids is 1. The van der Waals surface area contributed by atoms with Crippen molar-refractivity contribution in [3.05, 3.63) is 51.4 Å². The first kappa shape index (κ1) is 17.7. The van der Waals surface area contributed by atoms with E-state index in [0.717, 1.165) is 30.0 Å². The van der Waals surface area contributed by atoms with Gasteiger partial charge in [-0.2, -0.15) is 11.3 Å². The van der Waals surface area contributed by atoms with E-state index in [1.54, 1.807) is 6.92 Å². The molecule has 0 spiro atoms. The number of rotatable bonds is 4. The number of carbonyl (C=O) groups is 1. The summed E-state index contributed by atoms with van der Waals surface area (Å²) >= 11 is 2.73. The molecule has 0 aliphatic heterocycles. The van der Waals surface area contributed by atoms with E-state index in [4.69, 9.17) is 0 Å². The quantitative estimate of drug-likeness (QED) is 0.677. The highest BCUT2D eigenvalue weighted by Crippen LogP contribution is 2.30. The Morgan fingerprint density at radius 1 is 1.28 bits per heavy atom. The fourth-order valence-corrected chi connectivity index (χ4v) is 4.45. The number of aromatic nitrogens is 1. The Bertz CT molecular complexity index is 1040. The lowest BCUT2D eigenvalue weighted by Gasteiger charge is -2.07. The molecule has 0 fully saturated rings. The van der Waals surface area contributed by atoms with E-state index in [-0.39, 0.29) is 10.6 Å². The maximum absolute atomic E-state index is 13.9. The van der Waals surface area contributed by atoms with Crippen molar-refractivity contribution in [3.8, 4) is 10.6 Å². The van der Waals surface area contributed by atoms with Crippen molar-refractivity contribution < 1.29 is 17.6 Å². The smallest absolute Gasteiger partial charge is 0.267 e. The number of hydrogen-bond donors (Lipinski definition) is 1. The molecule has 1 N–H and O–H groups in total. The van der Waals surface area contributed by atoms with Gasteiger partial charge in [-0.1, -0.05) is 0 Å². The van der Waals surface area contributed by atoms with Gasteiger partial charge in [-0.25, -0.2) is 17.8 Å². The Kier molecular flexibility index (Phi) is 4.72. The number of nitrogens with zero attached hydrogens (tertiary/aromatic N) is 1. The number of sulfone groups is 1. The summed E-state index contributed by atoms with van der Waals surface area (Å²) in [5, 5.41) is 6.98. The second kappa shape index (κ2) is 6.66. The number of amides is 1. The van der Waals surface area contributed by atoms with Crippen molar-refractivity contribution in [2.75, 3.05) is 11.6 Å². The van der Waals surface area contributed by atoms with Crippen molar-refractivity contribution in [2.24, 2.45) is 0 Å². The van der Waals surface area contributed by atoms with Gasteiger partial charge in [0.15, 0.2) is 9.84 Å². The third-order valence-corrected chi connectivity index (χ3v) is 6.38.